The Bertz CT molecular complexity index is 868. The lowest BCUT2D eigenvalue weighted by Gasteiger charge is -2.47. The average Bonchev–Trinajstić information content (AvgIpc) is 3.27. The van der Waals surface area contributed by atoms with Gasteiger partial charge in [-0.15, -0.1) is 0 Å². The molecule has 9 unspecified atom stereocenters. The van der Waals surface area contributed by atoms with Crippen molar-refractivity contribution < 1.29 is 64.2 Å². The zero-order valence-electron chi connectivity index (χ0n) is 22.8. The Balaban J connectivity index is 1.50. The second-order valence-electron chi connectivity index (χ2n) is 11.2. The van der Waals surface area contributed by atoms with Crippen LogP contribution in [0.25, 0.3) is 0 Å². The van der Waals surface area contributed by atoms with Crippen molar-refractivity contribution in [2.24, 2.45) is 34.4 Å². The molecule has 42 heavy (non-hydrogen) atoms. The number of aliphatic hydroxyl groups excluding tert-OH is 7. The third-order valence-electron chi connectivity index (χ3n) is 8.37. The Morgan fingerprint density at radius 1 is 0.524 bits per heavy atom. The Kier molecular flexibility index (Phi) is 11.5. The monoisotopic (exact) mass is 614 g/mol. The molecule has 4 rings (SSSR count). The van der Waals surface area contributed by atoms with Crippen LogP contribution in [-0.2, 0) is 28.4 Å². The molecule has 0 aromatic carbocycles. The number of nitrogens with two attached hydrogens (primary N) is 6. The van der Waals surface area contributed by atoms with Crippen LogP contribution in [0.3, 0.4) is 0 Å². The molecule has 0 aromatic rings. The summed E-state index contributed by atoms with van der Waals surface area (Å²) < 4.78 is 34.6. The zero-order chi connectivity index (χ0) is 31.0. The summed E-state index contributed by atoms with van der Waals surface area (Å²) in [5, 5.41) is 73.0. The second kappa shape index (κ2) is 14.1. The van der Waals surface area contributed by atoms with Crippen molar-refractivity contribution in [1.82, 2.24) is 0 Å². The highest BCUT2D eigenvalue weighted by atomic mass is 16.8. The highest BCUT2D eigenvalue weighted by Gasteiger charge is 2.54. The van der Waals surface area contributed by atoms with Gasteiger partial charge in [0.15, 0.2) is 18.9 Å². The molecule has 4 fully saturated rings. The lowest BCUT2D eigenvalue weighted by molar-refractivity contribution is -0.306. The summed E-state index contributed by atoms with van der Waals surface area (Å²) in [5.74, 6) is 0. The molecule has 19 N–H and O–H groups in total. The normalized spacial score (nSPS) is 53.8. The second-order valence-corrected chi connectivity index (χ2v) is 11.2. The first-order valence-electron chi connectivity index (χ1n) is 13.9. The van der Waals surface area contributed by atoms with Crippen LogP contribution in [-0.4, -0.2) is 172 Å². The van der Waals surface area contributed by atoms with Gasteiger partial charge in [-0.05, 0) is 6.42 Å². The summed E-state index contributed by atoms with van der Waals surface area (Å²) in [6.07, 6.45) is -19.8. The Morgan fingerprint density at radius 2 is 0.976 bits per heavy atom. The molecule has 0 aromatic heterocycles. The molecule has 19 nitrogen and oxygen atoms in total. The number of rotatable bonds is 9. The SMILES string of the molecule is NC[C@@H]1OC(O[C@H]2C(N)C[C@H](N)C(O)[C@H]2O[C@H]2O[C@@H](CO)C(OC3O[C@H](CN)C(O)[C@H](O)C3N)[C@H]2O)[C@@H](N)C(O)C1O. The van der Waals surface area contributed by atoms with Crippen molar-refractivity contribution in [1.29, 1.82) is 0 Å². The van der Waals surface area contributed by atoms with Crippen LogP contribution in [0.2, 0.25) is 0 Å². The molecule has 1 saturated carbocycles. The summed E-state index contributed by atoms with van der Waals surface area (Å²) >= 11 is 0. The maximum Gasteiger partial charge on any atom is 0.187 e. The fraction of sp³-hybridized carbons (Fsp3) is 1.00. The van der Waals surface area contributed by atoms with E-state index in [4.69, 9.17) is 62.8 Å². The minimum atomic E-state index is -1.60. The van der Waals surface area contributed by atoms with E-state index < -0.39 is 123 Å². The van der Waals surface area contributed by atoms with E-state index in [0.717, 1.165) is 0 Å². The largest absolute Gasteiger partial charge is 0.394 e. The van der Waals surface area contributed by atoms with Crippen LogP contribution in [0.15, 0.2) is 0 Å². The smallest absolute Gasteiger partial charge is 0.187 e. The minimum absolute atomic E-state index is 0.0889. The Hall–Kier alpha value is -0.760. The molecule has 3 aliphatic heterocycles. The van der Waals surface area contributed by atoms with E-state index in [1.165, 1.54) is 0 Å². The highest BCUT2D eigenvalue weighted by Crippen LogP contribution is 2.34. The van der Waals surface area contributed by atoms with Gasteiger partial charge in [0, 0.05) is 25.2 Å². The Morgan fingerprint density at radius 3 is 1.45 bits per heavy atom. The predicted octanol–water partition coefficient (Wildman–Crippen LogP) is -8.90. The molecule has 3 heterocycles. The van der Waals surface area contributed by atoms with Gasteiger partial charge in [-0.3, -0.25) is 0 Å². The maximum absolute atomic E-state index is 11.1. The third-order valence-corrected chi connectivity index (χ3v) is 8.37. The van der Waals surface area contributed by atoms with Gasteiger partial charge in [0.25, 0.3) is 0 Å². The molecule has 4 aliphatic rings. The van der Waals surface area contributed by atoms with Crippen molar-refractivity contribution in [2.45, 2.75) is 123 Å². The molecular formula is C23H46N6O13. The number of aliphatic hydroxyl groups is 7. The van der Waals surface area contributed by atoms with Crippen LogP contribution >= 0.6 is 0 Å². The van der Waals surface area contributed by atoms with E-state index in [2.05, 4.69) is 0 Å². The summed E-state index contributed by atoms with van der Waals surface area (Å²) in [6.45, 7) is -0.967. The van der Waals surface area contributed by atoms with Crippen molar-refractivity contribution in [2.75, 3.05) is 19.7 Å². The molecule has 0 spiro atoms. The molecule has 246 valence electrons. The molecule has 0 bridgehead atoms. The summed E-state index contributed by atoms with van der Waals surface area (Å²) in [6, 6.07) is -4.18. The van der Waals surface area contributed by atoms with Gasteiger partial charge < -0.3 is 98.6 Å². The summed E-state index contributed by atoms with van der Waals surface area (Å²) in [4.78, 5) is 0. The van der Waals surface area contributed by atoms with E-state index in [0.29, 0.717) is 0 Å². The molecule has 0 radical (unpaired) electrons. The highest BCUT2D eigenvalue weighted by molar-refractivity contribution is 5.02. The van der Waals surface area contributed by atoms with E-state index in [-0.39, 0.29) is 19.5 Å². The summed E-state index contributed by atoms with van der Waals surface area (Å²) in [7, 11) is 0. The van der Waals surface area contributed by atoms with Crippen molar-refractivity contribution >= 4 is 0 Å². The van der Waals surface area contributed by atoms with Crippen LogP contribution in [0, 0.1) is 0 Å². The van der Waals surface area contributed by atoms with Crippen molar-refractivity contribution in [3.05, 3.63) is 0 Å². The first kappa shape index (κ1) is 34.1. The number of hydrogen-bond donors (Lipinski definition) is 13. The van der Waals surface area contributed by atoms with Gasteiger partial charge in [0.2, 0.25) is 0 Å². The lowest BCUT2D eigenvalue weighted by Crippen LogP contribution is -2.68. The predicted molar refractivity (Wildman–Crippen MR) is 138 cm³/mol. The minimum Gasteiger partial charge on any atom is -0.394 e. The van der Waals surface area contributed by atoms with Crippen molar-refractivity contribution in [3.8, 4) is 0 Å². The first-order valence-corrected chi connectivity index (χ1v) is 13.9. The van der Waals surface area contributed by atoms with Crippen LogP contribution in [0.4, 0.5) is 0 Å². The Labute approximate surface area is 241 Å². The zero-order valence-corrected chi connectivity index (χ0v) is 22.8. The quantitative estimate of drug-likeness (QED) is 0.115. The lowest BCUT2D eigenvalue weighted by atomic mass is 9.84. The summed E-state index contributed by atoms with van der Waals surface area (Å²) in [5.41, 5.74) is 35.6. The standard InChI is InChI=1S/C23H46N6O13/c24-2-7-13(32)15(34)10(28)21(37-7)40-18-6(27)1-5(26)12(31)20(18)42-23-17(36)19(9(4-30)39-23)41-22-11(29)16(35)14(33)8(3-25)38-22/h5-23,30-36H,1-4,24-29H2/t5-,6?,7-,8+,9-,10-,11?,12?,13?,14?,15?,16+,17+,18-,19?,20+,21?,22?,23+/m0/s1. The van der Waals surface area contributed by atoms with Gasteiger partial charge in [0.1, 0.15) is 67.1 Å². The van der Waals surface area contributed by atoms with Crippen LogP contribution < -0.4 is 34.4 Å². The molecule has 0 amide bonds. The van der Waals surface area contributed by atoms with E-state index in [1.807, 2.05) is 0 Å². The topological polar surface area (TPSA) is 353 Å². The van der Waals surface area contributed by atoms with Crippen LogP contribution in [0.1, 0.15) is 6.42 Å². The van der Waals surface area contributed by atoms with Gasteiger partial charge in [-0.1, -0.05) is 0 Å². The van der Waals surface area contributed by atoms with Crippen LogP contribution in [0.5, 0.6) is 0 Å². The van der Waals surface area contributed by atoms with Gasteiger partial charge in [0.05, 0.1) is 24.8 Å². The molecule has 1 aliphatic carbocycles. The molecular weight excluding hydrogens is 568 g/mol. The number of hydrogen-bond acceptors (Lipinski definition) is 19. The van der Waals surface area contributed by atoms with E-state index in [1.54, 1.807) is 0 Å². The van der Waals surface area contributed by atoms with E-state index >= 15 is 0 Å². The van der Waals surface area contributed by atoms with Crippen molar-refractivity contribution in [3.63, 3.8) is 0 Å². The van der Waals surface area contributed by atoms with Gasteiger partial charge in [-0.2, -0.15) is 0 Å². The fourth-order valence-electron chi connectivity index (χ4n) is 5.74. The maximum atomic E-state index is 11.1. The number of ether oxygens (including phenoxy) is 6. The molecule has 19 heteroatoms. The van der Waals surface area contributed by atoms with E-state index in [9.17, 15) is 35.7 Å². The third kappa shape index (κ3) is 6.60. The average molecular weight is 615 g/mol. The molecule has 19 atom stereocenters. The molecule has 3 saturated heterocycles. The van der Waals surface area contributed by atoms with Gasteiger partial charge in [-0.25, -0.2) is 0 Å². The fourth-order valence-corrected chi connectivity index (χ4v) is 5.74. The van der Waals surface area contributed by atoms with Gasteiger partial charge >= 0.3 is 0 Å². The first-order chi connectivity index (χ1) is 19.8.